The van der Waals surface area contributed by atoms with Crippen molar-refractivity contribution >= 4 is 10.3 Å². The molecule has 35 heavy (non-hydrogen) atoms. The van der Waals surface area contributed by atoms with Crippen molar-refractivity contribution in [3.05, 3.63) is 35.9 Å². The minimum absolute atomic E-state index is 0.105. The maximum Gasteiger partial charge on any atom is 0.339 e. The van der Waals surface area contributed by atoms with Crippen LogP contribution >= 0.6 is 0 Å². The normalized spacial score (nSPS) is 25.9. The Morgan fingerprint density at radius 2 is 1.43 bits per heavy atom. The summed E-state index contributed by atoms with van der Waals surface area (Å²) in [6.07, 6.45) is 16.1. The average Bonchev–Trinajstić information content (AvgIpc) is 3.29. The first-order valence-electron chi connectivity index (χ1n) is 13.9. The molecule has 2 fully saturated rings. The van der Waals surface area contributed by atoms with E-state index in [1.807, 2.05) is 44.2 Å². The Hall–Kier alpha value is -0.990. The van der Waals surface area contributed by atoms with Crippen LogP contribution in [-0.4, -0.2) is 43.4 Å². The minimum atomic E-state index is -3.78. The molecule has 0 radical (unpaired) electrons. The van der Waals surface area contributed by atoms with Gasteiger partial charge in [-0.05, 0) is 25.8 Å². The van der Waals surface area contributed by atoms with E-state index in [0.29, 0.717) is 0 Å². The van der Waals surface area contributed by atoms with Crippen LogP contribution in [0.25, 0.3) is 0 Å². The molecule has 1 aromatic carbocycles. The van der Waals surface area contributed by atoms with Gasteiger partial charge in [0.1, 0.15) is 6.10 Å². The van der Waals surface area contributed by atoms with Gasteiger partial charge in [0, 0.05) is 6.54 Å². The first-order chi connectivity index (χ1) is 16.8. The van der Waals surface area contributed by atoms with Crippen molar-refractivity contribution in [3.63, 3.8) is 0 Å². The Morgan fingerprint density at radius 3 is 2.03 bits per heavy atom. The van der Waals surface area contributed by atoms with E-state index < -0.39 is 16.1 Å². The Morgan fingerprint density at radius 1 is 0.857 bits per heavy atom. The van der Waals surface area contributed by atoms with E-state index in [1.54, 1.807) is 0 Å². The molecule has 2 heterocycles. The first kappa shape index (κ1) is 28.6. The maximum atomic E-state index is 12.7. The molecule has 0 N–H and O–H groups in total. The van der Waals surface area contributed by atoms with E-state index in [4.69, 9.17) is 13.7 Å². The van der Waals surface area contributed by atoms with Crippen molar-refractivity contribution in [1.82, 2.24) is 4.31 Å². The van der Waals surface area contributed by atoms with E-state index in [2.05, 4.69) is 6.92 Å². The van der Waals surface area contributed by atoms with Crippen molar-refractivity contribution in [3.8, 4) is 0 Å². The second-order valence-corrected chi connectivity index (χ2v) is 12.2. The van der Waals surface area contributed by atoms with Gasteiger partial charge >= 0.3 is 10.3 Å². The van der Waals surface area contributed by atoms with Crippen molar-refractivity contribution < 1.29 is 22.1 Å². The SMILES string of the molecule is CCCCCCCCCCCCCC[C@H]1OC(C)(C)O[C@@H]1[C@H]1COS(=O)(=O)N1Cc1ccccc1. The highest BCUT2D eigenvalue weighted by Crippen LogP contribution is 2.37. The zero-order chi connectivity index (χ0) is 25.2. The summed E-state index contributed by atoms with van der Waals surface area (Å²) in [6.45, 7) is 6.47. The summed E-state index contributed by atoms with van der Waals surface area (Å²) in [4.78, 5) is 0. The fourth-order valence-corrected chi connectivity index (χ4v) is 6.56. The van der Waals surface area contributed by atoms with Gasteiger partial charge < -0.3 is 9.47 Å². The molecule has 2 aliphatic heterocycles. The molecule has 0 saturated carbocycles. The second kappa shape index (κ2) is 14.1. The van der Waals surface area contributed by atoms with Gasteiger partial charge in [-0.3, -0.25) is 4.18 Å². The zero-order valence-electron chi connectivity index (χ0n) is 22.1. The molecule has 0 bridgehead atoms. The highest BCUT2D eigenvalue weighted by Gasteiger charge is 2.52. The predicted octanol–water partition coefficient (Wildman–Crippen LogP) is 6.74. The van der Waals surface area contributed by atoms with Gasteiger partial charge in [-0.15, -0.1) is 0 Å². The summed E-state index contributed by atoms with van der Waals surface area (Å²) in [5, 5.41) is 0. The van der Waals surface area contributed by atoms with E-state index in [0.717, 1.165) is 18.4 Å². The summed E-state index contributed by atoms with van der Waals surface area (Å²) >= 11 is 0. The number of unbranched alkanes of at least 4 members (excludes halogenated alkanes) is 11. The van der Waals surface area contributed by atoms with E-state index >= 15 is 0 Å². The third-order valence-corrected chi connectivity index (χ3v) is 8.58. The van der Waals surface area contributed by atoms with Crippen LogP contribution in [-0.2, 0) is 30.5 Å². The highest BCUT2D eigenvalue weighted by atomic mass is 32.2. The molecule has 0 aliphatic carbocycles. The number of hydrogen-bond acceptors (Lipinski definition) is 5. The van der Waals surface area contributed by atoms with Gasteiger partial charge in [0.2, 0.25) is 0 Å². The van der Waals surface area contributed by atoms with Gasteiger partial charge in [-0.1, -0.05) is 114 Å². The zero-order valence-corrected chi connectivity index (χ0v) is 22.9. The number of benzene rings is 1. The van der Waals surface area contributed by atoms with Crippen LogP contribution in [0.2, 0.25) is 0 Å². The van der Waals surface area contributed by atoms with Crippen molar-refractivity contribution in [2.75, 3.05) is 6.61 Å². The van der Waals surface area contributed by atoms with Gasteiger partial charge in [0.05, 0.1) is 18.8 Å². The maximum absolute atomic E-state index is 12.7. The molecule has 7 heteroatoms. The molecule has 0 spiro atoms. The smallest absolute Gasteiger partial charge is 0.339 e. The van der Waals surface area contributed by atoms with Crippen LogP contribution in [0.5, 0.6) is 0 Å². The fraction of sp³-hybridized carbons (Fsp3) is 0.786. The molecule has 200 valence electrons. The summed E-state index contributed by atoms with van der Waals surface area (Å²) in [7, 11) is -3.78. The molecule has 0 aromatic heterocycles. The lowest BCUT2D eigenvalue weighted by Crippen LogP contribution is -2.46. The van der Waals surface area contributed by atoms with Crippen LogP contribution in [0.4, 0.5) is 0 Å². The molecule has 3 rings (SSSR count). The quantitative estimate of drug-likeness (QED) is 0.231. The van der Waals surface area contributed by atoms with Gasteiger partial charge in [-0.25, -0.2) is 0 Å². The Balaban J connectivity index is 1.43. The number of rotatable bonds is 16. The molecule has 3 atom stereocenters. The van der Waals surface area contributed by atoms with E-state index in [-0.39, 0.29) is 31.4 Å². The van der Waals surface area contributed by atoms with Crippen LogP contribution in [0.15, 0.2) is 30.3 Å². The lowest BCUT2D eigenvalue weighted by atomic mass is 9.99. The second-order valence-electron chi connectivity index (χ2n) is 10.7. The molecule has 0 unspecified atom stereocenters. The molecule has 1 aromatic rings. The van der Waals surface area contributed by atoms with Gasteiger partial charge in [0.15, 0.2) is 5.79 Å². The summed E-state index contributed by atoms with van der Waals surface area (Å²) in [5.74, 6) is -0.725. The van der Waals surface area contributed by atoms with E-state index in [9.17, 15) is 8.42 Å². The molecule has 2 aliphatic rings. The van der Waals surface area contributed by atoms with Crippen LogP contribution in [0.3, 0.4) is 0 Å². The predicted molar refractivity (Wildman–Crippen MR) is 140 cm³/mol. The molecular weight excluding hydrogens is 462 g/mol. The molecule has 6 nitrogen and oxygen atoms in total. The number of nitrogens with zero attached hydrogens (tertiary/aromatic N) is 1. The third-order valence-electron chi connectivity index (χ3n) is 7.17. The molecule has 0 amide bonds. The summed E-state index contributed by atoms with van der Waals surface area (Å²) in [6, 6.07) is 9.25. The van der Waals surface area contributed by atoms with Crippen LogP contribution < -0.4 is 0 Å². The topological polar surface area (TPSA) is 65.1 Å². The van der Waals surface area contributed by atoms with Crippen LogP contribution in [0, 0.1) is 0 Å². The Kier molecular flexibility index (Phi) is 11.5. The minimum Gasteiger partial charge on any atom is -0.345 e. The number of ether oxygens (including phenoxy) is 2. The first-order valence-corrected chi connectivity index (χ1v) is 15.2. The summed E-state index contributed by atoms with van der Waals surface area (Å²) < 4.78 is 44.6. The van der Waals surface area contributed by atoms with Gasteiger partial charge in [-0.2, -0.15) is 12.7 Å². The lowest BCUT2D eigenvalue weighted by molar-refractivity contribution is -0.150. The fourth-order valence-electron chi connectivity index (χ4n) is 5.29. The monoisotopic (exact) mass is 509 g/mol. The average molecular weight is 510 g/mol. The van der Waals surface area contributed by atoms with Crippen LogP contribution in [0.1, 0.15) is 110 Å². The largest absolute Gasteiger partial charge is 0.345 e. The third kappa shape index (κ3) is 9.12. The Bertz CT molecular complexity index is 829. The van der Waals surface area contributed by atoms with Crippen molar-refractivity contribution in [2.45, 2.75) is 135 Å². The van der Waals surface area contributed by atoms with Gasteiger partial charge in [0.25, 0.3) is 0 Å². The molecule has 2 saturated heterocycles. The molecular formula is C28H47NO5S. The van der Waals surface area contributed by atoms with E-state index in [1.165, 1.54) is 74.9 Å². The van der Waals surface area contributed by atoms with Crippen molar-refractivity contribution in [2.24, 2.45) is 0 Å². The highest BCUT2D eigenvalue weighted by molar-refractivity contribution is 7.84. The lowest BCUT2D eigenvalue weighted by Gasteiger charge is -2.28. The standard InChI is InChI=1S/C28H47NO5S/c1-4-5-6-7-8-9-10-11-12-13-14-18-21-26-27(34-28(2,3)33-26)25-23-32-35(30,31)29(25)22-24-19-16-15-17-20-24/h15-17,19-20,25-27H,4-14,18,21-23H2,1-3H3/t25-,26-,27-/m1/s1. The summed E-state index contributed by atoms with van der Waals surface area (Å²) in [5.41, 5.74) is 0.933. The Labute approximate surface area is 214 Å². The number of hydrogen-bond donors (Lipinski definition) is 0. The van der Waals surface area contributed by atoms with Crippen molar-refractivity contribution in [1.29, 1.82) is 0 Å².